The normalized spacial score (nSPS) is 13.3. The lowest BCUT2D eigenvalue weighted by molar-refractivity contribution is 0.301. The minimum absolute atomic E-state index is 0.0384. The fourth-order valence-corrected chi connectivity index (χ4v) is 3.71. The molecule has 28 heavy (non-hydrogen) atoms. The topological polar surface area (TPSA) is 22.1 Å². The van der Waals surface area contributed by atoms with E-state index in [-0.39, 0.29) is 5.41 Å². The first kappa shape index (κ1) is 20.1. The lowest BCUT2D eigenvalue weighted by Crippen LogP contribution is -2.30. The SMILES string of the molecule is CCCc1cccc(C(C)(c2ccc(OCc3ccccn3)cc2)C(C)C)c1. The summed E-state index contributed by atoms with van der Waals surface area (Å²) in [5.41, 5.74) is 5.02. The number of aryl methyl sites for hydroxylation is 1. The Labute approximate surface area is 169 Å². The zero-order valence-corrected chi connectivity index (χ0v) is 17.5. The standard InChI is InChI=1S/C26H31NO/c1-5-9-21-10-8-11-23(18-21)26(4,20(2)3)22-13-15-25(16-14-22)28-19-24-12-6-7-17-27-24/h6-8,10-18,20H,5,9,19H2,1-4H3. The van der Waals surface area contributed by atoms with E-state index in [0.717, 1.165) is 17.9 Å². The van der Waals surface area contributed by atoms with Gasteiger partial charge in [0.1, 0.15) is 12.4 Å². The molecule has 0 fully saturated rings. The summed E-state index contributed by atoms with van der Waals surface area (Å²) in [5, 5.41) is 0. The van der Waals surface area contributed by atoms with Crippen molar-refractivity contribution < 1.29 is 4.74 Å². The van der Waals surface area contributed by atoms with Crippen LogP contribution in [0.3, 0.4) is 0 Å². The van der Waals surface area contributed by atoms with Crippen molar-refractivity contribution in [3.63, 3.8) is 0 Å². The average Bonchev–Trinajstić information content (AvgIpc) is 2.73. The van der Waals surface area contributed by atoms with Gasteiger partial charge in [0.05, 0.1) is 5.69 Å². The van der Waals surface area contributed by atoms with Gasteiger partial charge in [-0.1, -0.05) is 76.6 Å². The van der Waals surface area contributed by atoms with Gasteiger partial charge in [0, 0.05) is 11.6 Å². The molecule has 0 aliphatic rings. The Hall–Kier alpha value is -2.61. The van der Waals surface area contributed by atoms with Crippen LogP contribution in [0, 0.1) is 5.92 Å². The fraction of sp³-hybridized carbons (Fsp3) is 0.346. The number of benzene rings is 2. The monoisotopic (exact) mass is 373 g/mol. The van der Waals surface area contributed by atoms with Crippen molar-refractivity contribution in [1.82, 2.24) is 4.98 Å². The molecule has 2 heteroatoms. The molecule has 0 aliphatic carbocycles. The van der Waals surface area contributed by atoms with E-state index in [1.807, 2.05) is 18.2 Å². The number of pyridine rings is 1. The maximum absolute atomic E-state index is 5.91. The van der Waals surface area contributed by atoms with Gasteiger partial charge >= 0.3 is 0 Å². The Morgan fingerprint density at radius 3 is 2.36 bits per heavy atom. The first-order valence-corrected chi connectivity index (χ1v) is 10.3. The van der Waals surface area contributed by atoms with Crippen LogP contribution < -0.4 is 4.74 Å². The zero-order valence-electron chi connectivity index (χ0n) is 17.5. The van der Waals surface area contributed by atoms with Gasteiger partial charge in [0.25, 0.3) is 0 Å². The van der Waals surface area contributed by atoms with E-state index in [2.05, 4.69) is 81.2 Å². The molecule has 1 unspecified atom stereocenters. The van der Waals surface area contributed by atoms with E-state index >= 15 is 0 Å². The van der Waals surface area contributed by atoms with Crippen molar-refractivity contribution in [2.45, 2.75) is 52.6 Å². The highest BCUT2D eigenvalue weighted by Crippen LogP contribution is 2.39. The maximum atomic E-state index is 5.91. The molecule has 0 saturated heterocycles. The third-order valence-electron chi connectivity index (χ3n) is 5.79. The summed E-state index contributed by atoms with van der Waals surface area (Å²) in [7, 11) is 0. The molecule has 0 bridgehead atoms. The predicted molar refractivity (Wildman–Crippen MR) is 117 cm³/mol. The summed E-state index contributed by atoms with van der Waals surface area (Å²) < 4.78 is 5.91. The number of hydrogen-bond acceptors (Lipinski definition) is 2. The Bertz CT molecular complexity index is 870. The quantitative estimate of drug-likeness (QED) is 0.445. The van der Waals surface area contributed by atoms with E-state index < -0.39 is 0 Å². The van der Waals surface area contributed by atoms with Gasteiger partial charge in [0.2, 0.25) is 0 Å². The van der Waals surface area contributed by atoms with E-state index in [4.69, 9.17) is 4.74 Å². The number of aromatic nitrogens is 1. The van der Waals surface area contributed by atoms with Gasteiger partial charge in [0.15, 0.2) is 0 Å². The van der Waals surface area contributed by atoms with Gasteiger partial charge < -0.3 is 4.74 Å². The number of hydrogen-bond donors (Lipinski definition) is 0. The van der Waals surface area contributed by atoms with Crippen molar-refractivity contribution >= 4 is 0 Å². The summed E-state index contributed by atoms with van der Waals surface area (Å²) in [4.78, 5) is 4.31. The van der Waals surface area contributed by atoms with Crippen LogP contribution in [0.5, 0.6) is 5.75 Å². The molecule has 0 spiro atoms. The summed E-state index contributed by atoms with van der Waals surface area (Å²) in [6.45, 7) is 9.68. The van der Waals surface area contributed by atoms with Crippen LogP contribution in [0.4, 0.5) is 0 Å². The van der Waals surface area contributed by atoms with Crippen LogP contribution in [-0.2, 0) is 18.4 Å². The molecule has 1 aromatic heterocycles. The second kappa shape index (κ2) is 9.05. The fourth-order valence-electron chi connectivity index (χ4n) is 3.71. The minimum atomic E-state index is -0.0384. The summed E-state index contributed by atoms with van der Waals surface area (Å²) in [6, 6.07) is 23.5. The first-order valence-electron chi connectivity index (χ1n) is 10.3. The molecule has 1 atom stereocenters. The van der Waals surface area contributed by atoms with Gasteiger partial charge in [-0.15, -0.1) is 0 Å². The molecule has 0 aliphatic heterocycles. The van der Waals surface area contributed by atoms with Crippen molar-refractivity contribution in [2.24, 2.45) is 5.92 Å². The van der Waals surface area contributed by atoms with Crippen LogP contribution in [0.15, 0.2) is 72.9 Å². The molecule has 0 amide bonds. The summed E-state index contributed by atoms with van der Waals surface area (Å²) in [6.07, 6.45) is 4.09. The van der Waals surface area contributed by atoms with E-state index in [1.165, 1.54) is 23.1 Å². The van der Waals surface area contributed by atoms with Gasteiger partial charge in [-0.3, -0.25) is 4.98 Å². The van der Waals surface area contributed by atoms with Gasteiger partial charge in [-0.25, -0.2) is 0 Å². The highest BCUT2D eigenvalue weighted by atomic mass is 16.5. The van der Waals surface area contributed by atoms with Crippen LogP contribution in [0.25, 0.3) is 0 Å². The Morgan fingerprint density at radius 1 is 0.929 bits per heavy atom. The van der Waals surface area contributed by atoms with Crippen molar-refractivity contribution in [3.05, 3.63) is 95.3 Å². The molecule has 3 aromatic rings. The van der Waals surface area contributed by atoms with E-state index in [1.54, 1.807) is 6.20 Å². The third kappa shape index (κ3) is 4.44. The van der Waals surface area contributed by atoms with Crippen molar-refractivity contribution in [1.29, 1.82) is 0 Å². The van der Waals surface area contributed by atoms with Crippen LogP contribution >= 0.6 is 0 Å². The molecule has 0 N–H and O–H groups in total. The Kier molecular flexibility index (Phi) is 6.51. The molecule has 2 aromatic carbocycles. The molecule has 3 rings (SSSR count). The smallest absolute Gasteiger partial charge is 0.130 e. The molecule has 2 nitrogen and oxygen atoms in total. The number of ether oxygens (including phenoxy) is 1. The Balaban J connectivity index is 1.83. The van der Waals surface area contributed by atoms with Crippen LogP contribution in [0.1, 0.15) is 56.5 Å². The van der Waals surface area contributed by atoms with E-state index in [9.17, 15) is 0 Å². The maximum Gasteiger partial charge on any atom is 0.130 e. The van der Waals surface area contributed by atoms with Crippen molar-refractivity contribution in [2.75, 3.05) is 0 Å². The number of rotatable bonds is 8. The highest BCUT2D eigenvalue weighted by Gasteiger charge is 2.32. The van der Waals surface area contributed by atoms with Crippen molar-refractivity contribution in [3.8, 4) is 5.75 Å². The highest BCUT2D eigenvalue weighted by molar-refractivity contribution is 5.43. The van der Waals surface area contributed by atoms with Crippen LogP contribution in [0.2, 0.25) is 0 Å². The predicted octanol–water partition coefficient (Wildman–Crippen LogP) is 6.58. The molecular formula is C26H31NO. The first-order chi connectivity index (χ1) is 13.5. The summed E-state index contributed by atoms with van der Waals surface area (Å²) in [5.74, 6) is 1.35. The average molecular weight is 374 g/mol. The molecule has 0 saturated carbocycles. The minimum Gasteiger partial charge on any atom is -0.487 e. The lowest BCUT2D eigenvalue weighted by atomic mass is 9.68. The van der Waals surface area contributed by atoms with Crippen LogP contribution in [-0.4, -0.2) is 4.98 Å². The second-order valence-corrected chi connectivity index (χ2v) is 7.94. The molecule has 146 valence electrons. The van der Waals surface area contributed by atoms with E-state index in [0.29, 0.717) is 12.5 Å². The molecule has 0 radical (unpaired) electrons. The molecule has 1 heterocycles. The molecular weight excluding hydrogens is 342 g/mol. The lowest BCUT2D eigenvalue weighted by Gasteiger charge is -2.35. The largest absolute Gasteiger partial charge is 0.487 e. The number of nitrogens with zero attached hydrogens (tertiary/aromatic N) is 1. The summed E-state index contributed by atoms with van der Waals surface area (Å²) >= 11 is 0. The third-order valence-corrected chi connectivity index (χ3v) is 5.79. The second-order valence-electron chi connectivity index (χ2n) is 7.94. The van der Waals surface area contributed by atoms with Gasteiger partial charge in [-0.05, 0) is 53.3 Å². The zero-order chi connectivity index (χ0) is 20.0. The van der Waals surface area contributed by atoms with Gasteiger partial charge in [-0.2, -0.15) is 0 Å². The Morgan fingerprint density at radius 2 is 1.71 bits per heavy atom.